The molecule has 3 nitrogen and oxygen atoms in total. The summed E-state index contributed by atoms with van der Waals surface area (Å²) in [6, 6.07) is 9.32. The number of hydrogen-bond donors (Lipinski definition) is 1. The van der Waals surface area contributed by atoms with Crippen LogP contribution in [-0.2, 0) is 0 Å². The summed E-state index contributed by atoms with van der Waals surface area (Å²) in [5.74, 6) is 0.234. The SMILES string of the molecule is Oc1c2c(n3cccc13)=c1cc(Cl)ccc1=N2. The largest absolute Gasteiger partial charge is 0.504 e. The molecule has 1 aliphatic heterocycles. The molecule has 0 unspecified atom stereocenters. The maximum absolute atomic E-state index is 10.1. The lowest BCUT2D eigenvalue weighted by Gasteiger charge is -1.89. The molecule has 17 heavy (non-hydrogen) atoms. The van der Waals surface area contributed by atoms with Crippen LogP contribution >= 0.6 is 11.6 Å². The Bertz CT molecular complexity index is 911. The minimum absolute atomic E-state index is 0.234. The van der Waals surface area contributed by atoms with Gasteiger partial charge in [-0.1, -0.05) is 11.6 Å². The highest BCUT2D eigenvalue weighted by Crippen LogP contribution is 2.36. The smallest absolute Gasteiger partial charge is 0.167 e. The van der Waals surface area contributed by atoms with E-state index in [1.807, 2.05) is 34.9 Å². The molecule has 3 heterocycles. The topological polar surface area (TPSA) is 37.0 Å². The molecule has 1 N–H and O–H groups in total. The summed E-state index contributed by atoms with van der Waals surface area (Å²) >= 11 is 6.01. The van der Waals surface area contributed by atoms with E-state index < -0.39 is 0 Å². The number of aromatic hydroxyl groups is 1. The van der Waals surface area contributed by atoms with Gasteiger partial charge in [0.15, 0.2) is 5.75 Å². The van der Waals surface area contributed by atoms with Crippen molar-refractivity contribution in [3.05, 3.63) is 57.5 Å². The Morgan fingerprint density at radius 1 is 1.24 bits per heavy atom. The molecule has 3 aromatic rings. The molecular weight excluding hydrogens is 236 g/mol. The fourth-order valence-corrected chi connectivity index (χ4v) is 2.57. The number of rotatable bonds is 0. The second-order valence-electron chi connectivity index (χ2n) is 4.08. The van der Waals surface area contributed by atoms with E-state index in [1.165, 1.54) is 0 Å². The molecule has 4 rings (SSSR count). The van der Waals surface area contributed by atoms with Crippen LogP contribution < -0.4 is 5.36 Å². The van der Waals surface area contributed by atoms with Gasteiger partial charge in [0, 0.05) is 16.4 Å². The molecular formula is C13H7ClN2O. The van der Waals surface area contributed by atoms with Gasteiger partial charge in [0.2, 0.25) is 0 Å². The van der Waals surface area contributed by atoms with E-state index >= 15 is 0 Å². The Hall–Kier alpha value is -2.00. The van der Waals surface area contributed by atoms with Crippen LogP contribution in [0.25, 0.3) is 5.52 Å². The monoisotopic (exact) mass is 242 g/mol. The molecule has 0 aliphatic carbocycles. The highest BCUT2D eigenvalue weighted by molar-refractivity contribution is 6.30. The number of nitrogens with zero attached hydrogens (tertiary/aromatic N) is 2. The lowest BCUT2D eigenvalue weighted by atomic mass is 10.3. The Morgan fingerprint density at radius 3 is 3.00 bits per heavy atom. The van der Waals surface area contributed by atoms with Gasteiger partial charge in [-0.2, -0.15) is 0 Å². The maximum atomic E-state index is 10.1. The van der Waals surface area contributed by atoms with Gasteiger partial charge in [-0.05, 0) is 30.3 Å². The number of halogens is 1. The van der Waals surface area contributed by atoms with Gasteiger partial charge >= 0.3 is 0 Å². The third-order valence-corrected chi connectivity index (χ3v) is 3.36. The van der Waals surface area contributed by atoms with Gasteiger partial charge in [-0.3, -0.25) is 0 Å². The fourth-order valence-electron chi connectivity index (χ4n) is 2.40. The molecule has 2 aromatic heterocycles. The third kappa shape index (κ3) is 0.996. The lowest BCUT2D eigenvalue weighted by molar-refractivity contribution is 0.483. The molecule has 0 fully saturated rings. The van der Waals surface area contributed by atoms with Crippen LogP contribution in [0.1, 0.15) is 0 Å². The molecule has 0 saturated heterocycles. The van der Waals surface area contributed by atoms with Gasteiger partial charge in [-0.15, -0.1) is 0 Å². The summed E-state index contributed by atoms with van der Waals surface area (Å²) in [7, 11) is 0. The Morgan fingerprint density at radius 2 is 2.12 bits per heavy atom. The van der Waals surface area contributed by atoms with Gasteiger partial charge in [0.25, 0.3) is 0 Å². The van der Waals surface area contributed by atoms with E-state index in [1.54, 1.807) is 6.07 Å². The van der Waals surface area contributed by atoms with Gasteiger partial charge in [0.1, 0.15) is 5.69 Å². The Balaban J connectivity index is 2.44. The molecule has 0 radical (unpaired) electrons. The maximum Gasteiger partial charge on any atom is 0.167 e. The summed E-state index contributed by atoms with van der Waals surface area (Å²) in [5, 5.41) is 13.5. The highest BCUT2D eigenvalue weighted by atomic mass is 35.5. The normalized spacial score (nSPS) is 12.5. The molecule has 0 atom stereocenters. The molecule has 4 heteroatoms. The van der Waals surface area contributed by atoms with E-state index in [0.717, 1.165) is 21.4 Å². The average molecular weight is 243 g/mol. The van der Waals surface area contributed by atoms with Gasteiger partial charge < -0.3 is 9.51 Å². The van der Waals surface area contributed by atoms with E-state index in [0.29, 0.717) is 10.7 Å². The van der Waals surface area contributed by atoms with Crippen molar-refractivity contribution in [2.75, 3.05) is 0 Å². The first-order chi connectivity index (χ1) is 8.25. The van der Waals surface area contributed by atoms with Crippen molar-refractivity contribution >= 4 is 22.8 Å². The molecule has 0 spiro atoms. The summed E-state index contributed by atoms with van der Waals surface area (Å²) in [4.78, 5) is 4.44. The van der Waals surface area contributed by atoms with Crippen LogP contribution in [0.4, 0.5) is 5.69 Å². The van der Waals surface area contributed by atoms with Crippen molar-refractivity contribution in [3.8, 4) is 5.75 Å². The van der Waals surface area contributed by atoms with Crippen molar-refractivity contribution in [2.45, 2.75) is 0 Å². The zero-order valence-electron chi connectivity index (χ0n) is 8.68. The fraction of sp³-hybridized carbons (Fsp3) is 0. The third-order valence-electron chi connectivity index (χ3n) is 3.13. The number of fused-ring (bicyclic) bond motifs is 4. The Labute approximate surface area is 101 Å². The minimum atomic E-state index is 0.234. The number of aromatic nitrogens is 1. The number of hydrogen-bond acceptors (Lipinski definition) is 2. The zero-order valence-corrected chi connectivity index (χ0v) is 9.44. The molecule has 0 amide bonds. The summed E-state index contributed by atoms with van der Waals surface area (Å²) in [6.45, 7) is 0. The van der Waals surface area contributed by atoms with Crippen LogP contribution in [0.5, 0.6) is 5.75 Å². The first-order valence-electron chi connectivity index (χ1n) is 5.26. The summed E-state index contributed by atoms with van der Waals surface area (Å²) < 4.78 is 1.94. The molecule has 0 saturated carbocycles. The summed E-state index contributed by atoms with van der Waals surface area (Å²) in [5.41, 5.74) is 1.42. The van der Waals surface area contributed by atoms with Crippen molar-refractivity contribution < 1.29 is 5.11 Å². The second kappa shape index (κ2) is 2.81. The van der Waals surface area contributed by atoms with E-state index in [9.17, 15) is 5.11 Å². The quantitative estimate of drug-likeness (QED) is 0.506. The van der Waals surface area contributed by atoms with E-state index in [-0.39, 0.29) is 5.75 Å². The average Bonchev–Trinajstić information content (AvgIpc) is 2.94. The summed E-state index contributed by atoms with van der Waals surface area (Å²) in [6.07, 6.45) is 1.92. The van der Waals surface area contributed by atoms with Crippen LogP contribution in [0.2, 0.25) is 5.02 Å². The van der Waals surface area contributed by atoms with Gasteiger partial charge in [0.05, 0.1) is 16.2 Å². The minimum Gasteiger partial charge on any atom is -0.504 e. The number of benzene rings is 1. The van der Waals surface area contributed by atoms with Crippen molar-refractivity contribution in [2.24, 2.45) is 4.99 Å². The lowest BCUT2D eigenvalue weighted by Crippen LogP contribution is -1.99. The Kier molecular flexibility index (Phi) is 1.50. The van der Waals surface area contributed by atoms with Crippen LogP contribution in [-0.4, -0.2) is 9.51 Å². The standard InChI is InChI=1S/C13H7ClN2O/c14-7-3-4-9-8(6-7)12-11(15-9)13(17)10-2-1-5-16(10)12/h1-6,17H. The van der Waals surface area contributed by atoms with E-state index in [2.05, 4.69) is 4.99 Å². The first kappa shape index (κ1) is 9.07. The van der Waals surface area contributed by atoms with Crippen molar-refractivity contribution in [1.29, 1.82) is 0 Å². The highest BCUT2D eigenvalue weighted by Gasteiger charge is 2.17. The molecule has 0 bridgehead atoms. The van der Waals surface area contributed by atoms with Crippen molar-refractivity contribution in [3.63, 3.8) is 0 Å². The predicted molar refractivity (Wildman–Crippen MR) is 64.6 cm³/mol. The zero-order chi connectivity index (χ0) is 11.6. The van der Waals surface area contributed by atoms with Gasteiger partial charge in [-0.25, -0.2) is 4.99 Å². The molecule has 82 valence electrons. The van der Waals surface area contributed by atoms with Crippen LogP contribution in [0.3, 0.4) is 0 Å². The molecule has 1 aromatic carbocycles. The molecule has 1 aliphatic rings. The van der Waals surface area contributed by atoms with Crippen LogP contribution in [0.15, 0.2) is 41.5 Å². The van der Waals surface area contributed by atoms with E-state index in [4.69, 9.17) is 11.6 Å². The second-order valence-corrected chi connectivity index (χ2v) is 4.52. The first-order valence-corrected chi connectivity index (χ1v) is 5.64. The predicted octanol–water partition coefficient (Wildman–Crippen LogP) is 2.57. The van der Waals surface area contributed by atoms with Crippen molar-refractivity contribution in [1.82, 2.24) is 4.40 Å². The van der Waals surface area contributed by atoms with Crippen LogP contribution in [0, 0.1) is 10.6 Å².